The molecule has 0 radical (unpaired) electrons. The van der Waals surface area contributed by atoms with E-state index in [0.29, 0.717) is 5.56 Å². The summed E-state index contributed by atoms with van der Waals surface area (Å²) in [6.45, 7) is 1.42. The predicted molar refractivity (Wildman–Crippen MR) is 84.3 cm³/mol. The van der Waals surface area contributed by atoms with E-state index in [0.717, 1.165) is 0 Å². The monoisotopic (exact) mass is 316 g/mol. The van der Waals surface area contributed by atoms with E-state index in [2.05, 4.69) is 0 Å². The highest BCUT2D eigenvalue weighted by atomic mass is 16.6. The number of nitro benzene ring substituents is 1. The Morgan fingerprint density at radius 2 is 1.57 bits per heavy atom. The van der Waals surface area contributed by atoms with Crippen molar-refractivity contribution in [2.45, 2.75) is 13.0 Å². The Morgan fingerprint density at radius 3 is 2.04 bits per heavy atom. The van der Waals surface area contributed by atoms with Gasteiger partial charge in [-0.3, -0.25) is 19.7 Å². The van der Waals surface area contributed by atoms with Crippen LogP contribution in [0.4, 0.5) is 5.69 Å². The maximum Gasteiger partial charge on any atom is 0.320 e. The third-order valence-electron chi connectivity index (χ3n) is 2.77. The Bertz CT molecular complexity index is 699. The minimum atomic E-state index is -0.963. The van der Waals surface area contributed by atoms with E-state index in [1.807, 2.05) is 0 Å². The molecule has 0 saturated heterocycles. The second-order valence-electron chi connectivity index (χ2n) is 4.60. The molecule has 2 aromatic carbocycles. The summed E-state index contributed by atoms with van der Waals surface area (Å²) in [6, 6.07) is 13.7. The fourth-order valence-corrected chi connectivity index (χ4v) is 1.57. The SMILES string of the molecule is CC(N)C(=O)O.O=C(c1ccccc1)c1ccccc1[N+](=O)[O-]. The number of carbonyl (C=O) groups excluding carboxylic acids is 1. The van der Waals surface area contributed by atoms with Gasteiger partial charge >= 0.3 is 5.97 Å². The van der Waals surface area contributed by atoms with Crippen molar-refractivity contribution in [3.63, 3.8) is 0 Å². The number of benzene rings is 2. The van der Waals surface area contributed by atoms with Crippen LogP contribution in [0.3, 0.4) is 0 Å². The van der Waals surface area contributed by atoms with Gasteiger partial charge in [0, 0.05) is 11.6 Å². The molecule has 2 rings (SSSR count). The van der Waals surface area contributed by atoms with E-state index in [1.54, 1.807) is 42.5 Å². The highest BCUT2D eigenvalue weighted by molar-refractivity contribution is 6.11. The summed E-state index contributed by atoms with van der Waals surface area (Å²) < 4.78 is 0. The van der Waals surface area contributed by atoms with Crippen molar-refractivity contribution in [1.29, 1.82) is 0 Å². The van der Waals surface area contributed by atoms with Crippen molar-refractivity contribution in [3.8, 4) is 0 Å². The van der Waals surface area contributed by atoms with Gasteiger partial charge in [-0.15, -0.1) is 0 Å². The highest BCUT2D eigenvalue weighted by Gasteiger charge is 2.19. The van der Waals surface area contributed by atoms with Crippen molar-refractivity contribution < 1.29 is 19.6 Å². The van der Waals surface area contributed by atoms with Crippen LogP contribution in [0.5, 0.6) is 0 Å². The lowest BCUT2D eigenvalue weighted by Gasteiger charge is -2.01. The lowest BCUT2D eigenvalue weighted by atomic mass is 10.0. The van der Waals surface area contributed by atoms with Gasteiger partial charge in [-0.2, -0.15) is 0 Å². The van der Waals surface area contributed by atoms with Gasteiger partial charge in [-0.25, -0.2) is 0 Å². The summed E-state index contributed by atoms with van der Waals surface area (Å²) in [7, 11) is 0. The van der Waals surface area contributed by atoms with Crippen molar-refractivity contribution in [2.24, 2.45) is 5.73 Å². The Morgan fingerprint density at radius 1 is 1.09 bits per heavy atom. The second-order valence-corrected chi connectivity index (χ2v) is 4.60. The Labute approximate surface area is 132 Å². The van der Waals surface area contributed by atoms with E-state index in [4.69, 9.17) is 10.8 Å². The topological polar surface area (TPSA) is 124 Å². The first kappa shape index (κ1) is 18.0. The second kappa shape index (κ2) is 8.40. The third-order valence-corrected chi connectivity index (χ3v) is 2.77. The number of aliphatic carboxylic acids is 1. The van der Waals surface area contributed by atoms with Gasteiger partial charge in [-0.05, 0) is 13.0 Å². The van der Waals surface area contributed by atoms with Crippen molar-refractivity contribution in [3.05, 3.63) is 75.8 Å². The standard InChI is InChI=1S/C13H9NO3.C3H7NO2/c15-13(10-6-2-1-3-7-10)11-8-4-5-9-12(11)14(16)17;1-2(4)3(5)6/h1-9H;2H,4H2,1H3,(H,5,6). The third kappa shape index (κ3) is 5.33. The van der Waals surface area contributed by atoms with E-state index >= 15 is 0 Å². The van der Waals surface area contributed by atoms with Crippen LogP contribution < -0.4 is 5.73 Å². The van der Waals surface area contributed by atoms with Gasteiger partial charge in [-0.1, -0.05) is 42.5 Å². The number of para-hydroxylation sites is 1. The molecular weight excluding hydrogens is 300 g/mol. The molecule has 1 unspecified atom stereocenters. The zero-order valence-corrected chi connectivity index (χ0v) is 12.4. The average Bonchev–Trinajstić information content (AvgIpc) is 2.55. The van der Waals surface area contributed by atoms with Crippen LogP contribution in [-0.4, -0.2) is 27.8 Å². The molecule has 0 bridgehead atoms. The van der Waals surface area contributed by atoms with Gasteiger partial charge in [0.1, 0.15) is 11.6 Å². The van der Waals surface area contributed by atoms with E-state index in [-0.39, 0.29) is 17.0 Å². The lowest BCUT2D eigenvalue weighted by Crippen LogP contribution is -2.25. The van der Waals surface area contributed by atoms with Crippen LogP contribution in [0.2, 0.25) is 0 Å². The molecule has 0 spiro atoms. The molecule has 0 aliphatic rings. The van der Waals surface area contributed by atoms with Gasteiger partial charge < -0.3 is 10.8 Å². The van der Waals surface area contributed by atoms with Gasteiger partial charge in [0.2, 0.25) is 0 Å². The molecule has 0 aromatic heterocycles. The number of hydrogen-bond donors (Lipinski definition) is 2. The van der Waals surface area contributed by atoms with Crippen LogP contribution in [0.15, 0.2) is 54.6 Å². The summed E-state index contributed by atoms with van der Waals surface area (Å²) >= 11 is 0. The van der Waals surface area contributed by atoms with Crippen LogP contribution in [0.25, 0.3) is 0 Å². The minimum absolute atomic E-state index is 0.115. The molecule has 7 heteroatoms. The van der Waals surface area contributed by atoms with E-state index in [1.165, 1.54) is 19.1 Å². The van der Waals surface area contributed by atoms with Crippen molar-refractivity contribution >= 4 is 17.4 Å². The highest BCUT2D eigenvalue weighted by Crippen LogP contribution is 2.20. The molecule has 23 heavy (non-hydrogen) atoms. The number of carboxylic acids is 1. The summed E-state index contributed by atoms with van der Waals surface area (Å²) in [5, 5.41) is 18.7. The van der Waals surface area contributed by atoms with E-state index in [9.17, 15) is 19.7 Å². The Hall–Kier alpha value is -3.06. The molecule has 2 aromatic rings. The smallest absolute Gasteiger partial charge is 0.320 e. The zero-order valence-electron chi connectivity index (χ0n) is 12.4. The first-order valence-electron chi connectivity index (χ1n) is 6.66. The summed E-state index contributed by atoms with van der Waals surface area (Å²) in [6.07, 6.45) is 0. The summed E-state index contributed by atoms with van der Waals surface area (Å²) in [4.78, 5) is 31.9. The van der Waals surface area contributed by atoms with Gasteiger partial charge in [0.15, 0.2) is 5.78 Å². The molecule has 0 aliphatic carbocycles. The van der Waals surface area contributed by atoms with Crippen molar-refractivity contribution in [2.75, 3.05) is 0 Å². The van der Waals surface area contributed by atoms with Crippen molar-refractivity contribution in [1.82, 2.24) is 0 Å². The van der Waals surface area contributed by atoms with Gasteiger partial charge in [0.25, 0.3) is 5.69 Å². The van der Waals surface area contributed by atoms with Crippen LogP contribution in [0, 0.1) is 10.1 Å². The zero-order chi connectivity index (χ0) is 17.4. The predicted octanol–water partition coefficient (Wildman–Crippen LogP) is 2.24. The molecule has 0 aliphatic heterocycles. The normalized spacial score (nSPS) is 10.9. The largest absolute Gasteiger partial charge is 0.480 e. The molecule has 3 N–H and O–H groups in total. The number of nitrogens with two attached hydrogens (primary N) is 1. The van der Waals surface area contributed by atoms with Crippen LogP contribution in [-0.2, 0) is 4.79 Å². The average molecular weight is 316 g/mol. The Balaban J connectivity index is 0.000000379. The first-order chi connectivity index (χ1) is 10.8. The minimum Gasteiger partial charge on any atom is -0.480 e. The first-order valence-corrected chi connectivity index (χ1v) is 6.66. The number of hydrogen-bond acceptors (Lipinski definition) is 5. The molecule has 0 saturated carbocycles. The van der Waals surface area contributed by atoms with Crippen LogP contribution >= 0.6 is 0 Å². The quantitative estimate of drug-likeness (QED) is 0.506. The lowest BCUT2D eigenvalue weighted by molar-refractivity contribution is -0.385. The molecule has 7 nitrogen and oxygen atoms in total. The van der Waals surface area contributed by atoms with Gasteiger partial charge in [0.05, 0.1) is 4.92 Å². The summed E-state index contributed by atoms with van der Waals surface area (Å²) in [5.74, 6) is -1.30. The fourth-order valence-electron chi connectivity index (χ4n) is 1.57. The fraction of sp³-hybridized carbons (Fsp3) is 0.125. The molecule has 0 heterocycles. The molecule has 120 valence electrons. The number of carboxylic acid groups (broad SMARTS) is 1. The molecule has 0 fully saturated rings. The number of ketones is 1. The number of carbonyl (C=O) groups is 2. The molecule has 1 atom stereocenters. The number of rotatable bonds is 4. The maximum atomic E-state index is 12.1. The number of nitrogens with zero attached hydrogens (tertiary/aromatic N) is 1. The summed E-state index contributed by atoms with van der Waals surface area (Å²) in [5.41, 5.74) is 5.23. The number of nitro groups is 1. The maximum absolute atomic E-state index is 12.1. The van der Waals surface area contributed by atoms with Crippen LogP contribution in [0.1, 0.15) is 22.8 Å². The molecule has 0 amide bonds. The Kier molecular flexibility index (Phi) is 6.57. The molecular formula is C16H16N2O5. The van der Waals surface area contributed by atoms with E-state index < -0.39 is 16.9 Å².